The Kier molecular flexibility index (Phi) is 6.25. The average Bonchev–Trinajstić information content (AvgIpc) is 3.51. The fourth-order valence-electron chi connectivity index (χ4n) is 3.80. The summed E-state index contributed by atoms with van der Waals surface area (Å²) in [5.41, 5.74) is 0.902. The monoisotopic (exact) mass is 411 g/mol. The van der Waals surface area contributed by atoms with Gasteiger partial charge in [-0.15, -0.1) is 10.2 Å². The van der Waals surface area contributed by atoms with Crippen LogP contribution in [0, 0.1) is 0 Å². The molecule has 0 atom stereocenters. The molecule has 1 aliphatic carbocycles. The van der Waals surface area contributed by atoms with Gasteiger partial charge in [-0.25, -0.2) is 0 Å². The number of carbonyl (C=O) groups is 2. The van der Waals surface area contributed by atoms with E-state index in [1.165, 1.54) is 0 Å². The van der Waals surface area contributed by atoms with Crippen LogP contribution in [0.3, 0.4) is 0 Å². The normalized spacial score (nSPS) is 17.0. The van der Waals surface area contributed by atoms with Crippen LogP contribution in [0.15, 0.2) is 24.5 Å². The van der Waals surface area contributed by atoms with Gasteiger partial charge in [-0.2, -0.15) is 0 Å². The van der Waals surface area contributed by atoms with Crippen LogP contribution >= 0.6 is 0 Å². The molecule has 2 aromatic rings. The molecule has 0 spiro atoms. The number of nitrogens with one attached hydrogen (secondary N) is 1. The van der Waals surface area contributed by atoms with E-state index in [2.05, 4.69) is 30.0 Å². The summed E-state index contributed by atoms with van der Waals surface area (Å²) in [6, 6.07) is 4.24. The predicted octanol–water partition coefficient (Wildman–Crippen LogP) is 1.46. The van der Waals surface area contributed by atoms with Gasteiger partial charge in [0.2, 0.25) is 17.8 Å². The molecule has 3 heterocycles. The van der Waals surface area contributed by atoms with E-state index in [1.54, 1.807) is 19.3 Å². The Morgan fingerprint density at radius 2 is 2.03 bits per heavy atom. The first-order valence-corrected chi connectivity index (χ1v) is 10.8. The summed E-state index contributed by atoms with van der Waals surface area (Å²) in [7, 11) is 0. The van der Waals surface area contributed by atoms with E-state index in [1.807, 2.05) is 17.0 Å². The van der Waals surface area contributed by atoms with Crippen LogP contribution in [-0.2, 0) is 16.1 Å². The number of amides is 2. The van der Waals surface area contributed by atoms with Crippen molar-refractivity contribution in [2.45, 2.75) is 51.6 Å². The highest BCUT2D eigenvalue weighted by Crippen LogP contribution is 2.24. The number of hydrogen-bond donors (Lipinski definition) is 1. The van der Waals surface area contributed by atoms with E-state index in [4.69, 9.17) is 0 Å². The number of pyridine rings is 1. The van der Waals surface area contributed by atoms with E-state index < -0.39 is 0 Å². The molecule has 1 N–H and O–H groups in total. The zero-order chi connectivity index (χ0) is 20.9. The largest absolute Gasteiger partial charge is 0.353 e. The predicted molar refractivity (Wildman–Crippen MR) is 113 cm³/mol. The highest BCUT2D eigenvalue weighted by molar-refractivity contribution is 5.76. The highest BCUT2D eigenvalue weighted by atomic mass is 16.2. The maximum atomic E-state index is 12.1. The van der Waals surface area contributed by atoms with Gasteiger partial charge in [0.05, 0.1) is 0 Å². The molecule has 2 aromatic heterocycles. The lowest BCUT2D eigenvalue weighted by Crippen LogP contribution is -2.34. The van der Waals surface area contributed by atoms with Gasteiger partial charge >= 0.3 is 0 Å². The fourth-order valence-corrected chi connectivity index (χ4v) is 3.80. The molecular weight excluding hydrogens is 382 g/mol. The summed E-state index contributed by atoms with van der Waals surface area (Å²) in [5.74, 6) is 1.77. The molecule has 2 amide bonds. The first-order chi connectivity index (χ1) is 14.6. The second-order valence-electron chi connectivity index (χ2n) is 8.01. The number of aromatic nitrogens is 4. The number of nitrogens with zero attached hydrogens (tertiary/aromatic N) is 6. The van der Waals surface area contributed by atoms with E-state index in [-0.39, 0.29) is 11.8 Å². The van der Waals surface area contributed by atoms with Crippen molar-refractivity contribution in [2.24, 2.45) is 0 Å². The molecule has 0 unspecified atom stereocenters. The van der Waals surface area contributed by atoms with Crippen molar-refractivity contribution in [2.75, 3.05) is 31.1 Å². The second kappa shape index (κ2) is 9.23. The number of rotatable bonds is 7. The van der Waals surface area contributed by atoms with Gasteiger partial charge in [-0.05, 0) is 37.8 Å². The Balaban J connectivity index is 1.51. The highest BCUT2D eigenvalue weighted by Gasteiger charge is 2.24. The lowest BCUT2D eigenvalue weighted by Gasteiger charge is -2.23. The minimum Gasteiger partial charge on any atom is -0.353 e. The molecule has 4 rings (SSSR count). The van der Waals surface area contributed by atoms with Crippen LogP contribution in [0.4, 0.5) is 5.95 Å². The number of hydrogen-bond acceptors (Lipinski definition) is 6. The van der Waals surface area contributed by atoms with Crippen LogP contribution in [-0.4, -0.2) is 68.7 Å². The molecular formula is C21H29N7O2. The van der Waals surface area contributed by atoms with Crippen molar-refractivity contribution in [3.05, 3.63) is 24.5 Å². The molecule has 160 valence electrons. The molecule has 1 saturated carbocycles. The molecule has 0 aromatic carbocycles. The van der Waals surface area contributed by atoms with Crippen molar-refractivity contribution in [3.8, 4) is 11.4 Å². The zero-order valence-electron chi connectivity index (χ0n) is 17.5. The minimum absolute atomic E-state index is 0.107. The molecule has 2 aliphatic rings. The standard InChI is InChI=1S/C21H29N7O2/c1-16(29)26-10-4-11-27(14-13-26)21-25-24-20(17-5-2-9-22-15-17)28(21)12-3-6-19(30)23-18-7-8-18/h2,5,9,15,18H,3-4,6-8,10-14H2,1H3,(H,23,30). The van der Waals surface area contributed by atoms with Gasteiger partial charge in [-0.1, -0.05) is 0 Å². The van der Waals surface area contributed by atoms with Gasteiger partial charge in [0.1, 0.15) is 0 Å². The van der Waals surface area contributed by atoms with Gasteiger partial charge in [0.25, 0.3) is 0 Å². The van der Waals surface area contributed by atoms with Gasteiger partial charge < -0.3 is 15.1 Å². The minimum atomic E-state index is 0.107. The maximum absolute atomic E-state index is 12.1. The smallest absolute Gasteiger partial charge is 0.227 e. The Labute approximate surface area is 176 Å². The van der Waals surface area contributed by atoms with Crippen LogP contribution in [0.2, 0.25) is 0 Å². The summed E-state index contributed by atoms with van der Waals surface area (Å²) in [5, 5.41) is 12.0. The number of carbonyl (C=O) groups excluding carboxylic acids is 2. The average molecular weight is 412 g/mol. The SMILES string of the molecule is CC(=O)N1CCCN(c2nnc(-c3cccnc3)n2CCCC(=O)NC2CC2)CC1. The molecule has 0 radical (unpaired) electrons. The summed E-state index contributed by atoms with van der Waals surface area (Å²) >= 11 is 0. The van der Waals surface area contributed by atoms with Crippen molar-refractivity contribution >= 4 is 17.8 Å². The molecule has 9 heteroatoms. The molecule has 9 nitrogen and oxygen atoms in total. The third kappa shape index (κ3) is 4.95. The van der Waals surface area contributed by atoms with Gasteiger partial charge in [-0.3, -0.25) is 19.1 Å². The first kappa shape index (κ1) is 20.3. The van der Waals surface area contributed by atoms with Crippen molar-refractivity contribution in [3.63, 3.8) is 0 Å². The lowest BCUT2D eigenvalue weighted by atomic mass is 10.2. The Morgan fingerprint density at radius 3 is 2.77 bits per heavy atom. The Bertz CT molecular complexity index is 879. The van der Waals surface area contributed by atoms with E-state index >= 15 is 0 Å². The zero-order valence-corrected chi connectivity index (χ0v) is 17.5. The summed E-state index contributed by atoms with van der Waals surface area (Å²) in [6.45, 7) is 5.23. The van der Waals surface area contributed by atoms with Crippen molar-refractivity contribution in [1.82, 2.24) is 30.0 Å². The maximum Gasteiger partial charge on any atom is 0.227 e. The molecule has 1 saturated heterocycles. The molecule has 1 aliphatic heterocycles. The van der Waals surface area contributed by atoms with Gasteiger partial charge in [0, 0.05) is 70.1 Å². The summed E-state index contributed by atoms with van der Waals surface area (Å²) < 4.78 is 2.09. The van der Waals surface area contributed by atoms with Crippen LogP contribution in [0.1, 0.15) is 39.0 Å². The van der Waals surface area contributed by atoms with E-state index in [0.29, 0.717) is 38.5 Å². The second-order valence-corrected chi connectivity index (χ2v) is 8.01. The van der Waals surface area contributed by atoms with Crippen molar-refractivity contribution < 1.29 is 9.59 Å². The van der Waals surface area contributed by atoms with Gasteiger partial charge in [0.15, 0.2) is 5.82 Å². The summed E-state index contributed by atoms with van der Waals surface area (Å²) in [6.07, 6.45) is 7.79. The van der Waals surface area contributed by atoms with Crippen molar-refractivity contribution in [1.29, 1.82) is 0 Å². The topological polar surface area (TPSA) is 96.2 Å². The van der Waals surface area contributed by atoms with E-state index in [9.17, 15) is 9.59 Å². The fraction of sp³-hybridized carbons (Fsp3) is 0.571. The molecule has 30 heavy (non-hydrogen) atoms. The van der Waals surface area contributed by atoms with Crippen LogP contribution in [0.5, 0.6) is 0 Å². The third-order valence-corrected chi connectivity index (χ3v) is 5.60. The van der Waals surface area contributed by atoms with Crippen LogP contribution in [0.25, 0.3) is 11.4 Å². The lowest BCUT2D eigenvalue weighted by molar-refractivity contribution is -0.128. The first-order valence-electron chi connectivity index (χ1n) is 10.8. The summed E-state index contributed by atoms with van der Waals surface area (Å²) in [4.78, 5) is 32.2. The van der Waals surface area contributed by atoms with Crippen LogP contribution < -0.4 is 10.2 Å². The Morgan fingerprint density at radius 1 is 1.17 bits per heavy atom. The van der Waals surface area contributed by atoms with E-state index in [0.717, 1.165) is 49.7 Å². The molecule has 2 fully saturated rings. The third-order valence-electron chi connectivity index (χ3n) is 5.60. The molecule has 0 bridgehead atoms. The Hall–Kier alpha value is -2.97. The number of anilines is 1. The quantitative estimate of drug-likeness (QED) is 0.741.